The number of carbonyl (C=O) groups excluding carboxylic acids is 1. The van der Waals surface area contributed by atoms with Crippen LogP contribution in [0.1, 0.15) is 46.0 Å². The van der Waals surface area contributed by atoms with Gasteiger partial charge in [0.2, 0.25) is 0 Å². The van der Waals surface area contributed by atoms with Crippen molar-refractivity contribution in [3.05, 3.63) is 12.2 Å². The molecule has 1 rings (SSSR count). The second-order valence-electron chi connectivity index (χ2n) is 3.98. The van der Waals surface area contributed by atoms with Crippen molar-refractivity contribution < 1.29 is 9.53 Å². The van der Waals surface area contributed by atoms with Gasteiger partial charge in [-0.05, 0) is 31.6 Å². The van der Waals surface area contributed by atoms with Gasteiger partial charge in [-0.25, -0.2) is 0 Å². The van der Waals surface area contributed by atoms with Gasteiger partial charge in [-0.1, -0.05) is 25.5 Å². The smallest absolute Gasteiger partial charge is 0.309 e. The van der Waals surface area contributed by atoms with E-state index < -0.39 is 0 Å². The minimum Gasteiger partial charge on any atom is -0.466 e. The van der Waals surface area contributed by atoms with E-state index in [1.807, 2.05) is 13.0 Å². The van der Waals surface area contributed by atoms with E-state index in [-0.39, 0.29) is 5.97 Å². The van der Waals surface area contributed by atoms with Gasteiger partial charge in [0.15, 0.2) is 0 Å². The first-order valence-electron chi connectivity index (χ1n) is 5.56. The van der Waals surface area contributed by atoms with E-state index >= 15 is 0 Å². The fraction of sp³-hybridized carbons (Fsp3) is 0.750. The predicted octanol–water partition coefficient (Wildman–Crippen LogP) is 3.08. The average molecular weight is 196 g/mol. The number of hydrogen-bond donors (Lipinski definition) is 0. The molecule has 0 radical (unpaired) electrons. The van der Waals surface area contributed by atoms with Gasteiger partial charge in [-0.3, -0.25) is 4.79 Å². The molecule has 80 valence electrons. The molecule has 0 bridgehead atoms. The summed E-state index contributed by atoms with van der Waals surface area (Å²) in [7, 11) is 0. The van der Waals surface area contributed by atoms with Gasteiger partial charge in [0.05, 0.1) is 13.0 Å². The lowest BCUT2D eigenvalue weighted by atomic mass is 9.67. The SMILES string of the molecule is CCOC(=O)C/C=C/C1(CC)CCC1. The first-order chi connectivity index (χ1) is 6.72. The highest BCUT2D eigenvalue weighted by atomic mass is 16.5. The fourth-order valence-corrected chi connectivity index (χ4v) is 1.89. The molecule has 14 heavy (non-hydrogen) atoms. The van der Waals surface area contributed by atoms with Crippen LogP contribution in [0.2, 0.25) is 0 Å². The van der Waals surface area contributed by atoms with Crippen molar-refractivity contribution in [2.45, 2.75) is 46.0 Å². The van der Waals surface area contributed by atoms with Crippen LogP contribution in [0.25, 0.3) is 0 Å². The van der Waals surface area contributed by atoms with Crippen LogP contribution < -0.4 is 0 Å². The number of carbonyl (C=O) groups is 1. The zero-order valence-electron chi connectivity index (χ0n) is 9.21. The molecule has 0 amide bonds. The van der Waals surface area contributed by atoms with E-state index in [2.05, 4.69) is 13.0 Å². The van der Waals surface area contributed by atoms with Crippen molar-refractivity contribution >= 4 is 5.97 Å². The number of hydrogen-bond acceptors (Lipinski definition) is 2. The topological polar surface area (TPSA) is 26.3 Å². The summed E-state index contributed by atoms with van der Waals surface area (Å²) in [5, 5.41) is 0. The summed E-state index contributed by atoms with van der Waals surface area (Å²) >= 11 is 0. The van der Waals surface area contributed by atoms with Crippen LogP contribution >= 0.6 is 0 Å². The molecular formula is C12H20O2. The summed E-state index contributed by atoms with van der Waals surface area (Å²) < 4.78 is 4.85. The largest absolute Gasteiger partial charge is 0.466 e. The maximum absolute atomic E-state index is 11.1. The lowest BCUT2D eigenvalue weighted by molar-refractivity contribution is -0.142. The van der Waals surface area contributed by atoms with Crippen LogP contribution in [-0.2, 0) is 9.53 Å². The Balaban J connectivity index is 2.28. The molecule has 0 aromatic carbocycles. The summed E-state index contributed by atoms with van der Waals surface area (Å²) in [4.78, 5) is 11.1. The maximum Gasteiger partial charge on any atom is 0.309 e. The van der Waals surface area contributed by atoms with Gasteiger partial charge < -0.3 is 4.74 Å². The van der Waals surface area contributed by atoms with Gasteiger partial charge in [-0.2, -0.15) is 0 Å². The Morgan fingerprint density at radius 2 is 2.14 bits per heavy atom. The monoisotopic (exact) mass is 196 g/mol. The van der Waals surface area contributed by atoms with Crippen molar-refractivity contribution in [1.82, 2.24) is 0 Å². The second kappa shape index (κ2) is 5.18. The molecule has 0 saturated heterocycles. The average Bonchev–Trinajstić information content (AvgIpc) is 2.10. The van der Waals surface area contributed by atoms with Gasteiger partial charge in [0.1, 0.15) is 0 Å². The highest BCUT2D eigenvalue weighted by Gasteiger charge is 2.31. The number of allylic oxidation sites excluding steroid dienone is 1. The molecule has 0 aromatic heterocycles. The Morgan fingerprint density at radius 1 is 1.43 bits per heavy atom. The van der Waals surface area contributed by atoms with Crippen LogP contribution in [0, 0.1) is 5.41 Å². The summed E-state index contributed by atoms with van der Waals surface area (Å²) in [5.41, 5.74) is 0.409. The minimum atomic E-state index is -0.116. The van der Waals surface area contributed by atoms with E-state index in [4.69, 9.17) is 4.74 Å². The molecule has 0 heterocycles. The Labute approximate surface area is 86.3 Å². The standard InChI is InChI=1S/C12H20O2/c1-3-12(9-6-10-12)8-5-7-11(13)14-4-2/h5,8H,3-4,6-7,9-10H2,1-2H3/b8-5+. The number of rotatable bonds is 5. The van der Waals surface area contributed by atoms with Crippen molar-refractivity contribution in [1.29, 1.82) is 0 Å². The lowest BCUT2D eigenvalue weighted by Crippen LogP contribution is -2.25. The van der Waals surface area contributed by atoms with E-state index in [0.717, 1.165) is 0 Å². The van der Waals surface area contributed by atoms with E-state index in [1.54, 1.807) is 0 Å². The van der Waals surface area contributed by atoms with Gasteiger partial charge in [0, 0.05) is 0 Å². The van der Waals surface area contributed by atoms with E-state index in [1.165, 1.54) is 25.7 Å². The molecule has 1 aliphatic rings. The number of esters is 1. The first-order valence-corrected chi connectivity index (χ1v) is 5.56. The van der Waals surface area contributed by atoms with E-state index in [0.29, 0.717) is 18.4 Å². The summed E-state index contributed by atoms with van der Waals surface area (Å²) in [6.07, 6.45) is 9.69. The molecule has 2 nitrogen and oxygen atoms in total. The Morgan fingerprint density at radius 3 is 2.57 bits per heavy atom. The van der Waals surface area contributed by atoms with Gasteiger partial charge in [-0.15, -0.1) is 0 Å². The van der Waals surface area contributed by atoms with Crippen molar-refractivity contribution in [2.75, 3.05) is 6.61 Å². The summed E-state index contributed by atoms with van der Waals surface area (Å²) in [5.74, 6) is -0.116. The van der Waals surface area contributed by atoms with Crippen LogP contribution in [0.15, 0.2) is 12.2 Å². The molecule has 0 N–H and O–H groups in total. The molecule has 2 heteroatoms. The lowest BCUT2D eigenvalue weighted by Gasteiger charge is -2.38. The van der Waals surface area contributed by atoms with Crippen LogP contribution in [0.5, 0.6) is 0 Å². The molecule has 0 spiro atoms. The highest BCUT2D eigenvalue weighted by molar-refractivity contribution is 5.71. The molecule has 0 atom stereocenters. The zero-order valence-corrected chi connectivity index (χ0v) is 9.21. The van der Waals surface area contributed by atoms with E-state index in [9.17, 15) is 4.79 Å². The molecule has 0 aliphatic heterocycles. The molecule has 0 aromatic rings. The van der Waals surface area contributed by atoms with Gasteiger partial charge >= 0.3 is 5.97 Å². The number of ether oxygens (including phenoxy) is 1. The highest BCUT2D eigenvalue weighted by Crippen LogP contribution is 2.44. The molecular weight excluding hydrogens is 176 g/mol. The molecule has 1 aliphatic carbocycles. The summed E-state index contributed by atoms with van der Waals surface area (Å²) in [6.45, 7) is 4.53. The Kier molecular flexibility index (Phi) is 4.18. The van der Waals surface area contributed by atoms with Crippen LogP contribution in [0.4, 0.5) is 0 Å². The molecule has 0 unspecified atom stereocenters. The quantitative estimate of drug-likeness (QED) is 0.499. The normalized spacial score (nSPS) is 19.3. The van der Waals surface area contributed by atoms with Crippen LogP contribution in [0.3, 0.4) is 0 Å². The third-order valence-corrected chi connectivity index (χ3v) is 3.11. The fourth-order valence-electron chi connectivity index (χ4n) is 1.89. The summed E-state index contributed by atoms with van der Waals surface area (Å²) in [6, 6.07) is 0. The Hall–Kier alpha value is -0.790. The molecule has 1 fully saturated rings. The van der Waals surface area contributed by atoms with Crippen molar-refractivity contribution in [2.24, 2.45) is 5.41 Å². The first kappa shape index (κ1) is 11.3. The predicted molar refractivity (Wildman–Crippen MR) is 57.0 cm³/mol. The van der Waals surface area contributed by atoms with Crippen molar-refractivity contribution in [3.63, 3.8) is 0 Å². The third kappa shape index (κ3) is 2.86. The van der Waals surface area contributed by atoms with Crippen LogP contribution in [-0.4, -0.2) is 12.6 Å². The third-order valence-electron chi connectivity index (χ3n) is 3.11. The molecule has 1 saturated carbocycles. The van der Waals surface area contributed by atoms with Crippen molar-refractivity contribution in [3.8, 4) is 0 Å². The Bertz CT molecular complexity index is 209. The second-order valence-corrected chi connectivity index (χ2v) is 3.98. The zero-order chi connectivity index (χ0) is 10.4. The maximum atomic E-state index is 11.1. The van der Waals surface area contributed by atoms with Gasteiger partial charge in [0.25, 0.3) is 0 Å². The minimum absolute atomic E-state index is 0.116.